The molecular weight excluding hydrogens is 758 g/mol. The first-order valence-corrected chi connectivity index (χ1v) is 24.7. The van der Waals surface area contributed by atoms with Gasteiger partial charge in [-0.1, -0.05) is 175 Å². The first-order valence-electron chi connectivity index (χ1n) is 23.2. The van der Waals surface area contributed by atoms with Crippen LogP contribution in [-0.4, -0.2) is 49.9 Å². The van der Waals surface area contributed by atoms with Crippen molar-refractivity contribution in [2.24, 2.45) is 5.73 Å². The Morgan fingerprint density at radius 1 is 0.525 bits per heavy atom. The van der Waals surface area contributed by atoms with Gasteiger partial charge in [-0.3, -0.25) is 13.8 Å². The highest BCUT2D eigenvalue weighted by Crippen LogP contribution is 2.43. The molecule has 59 heavy (non-hydrogen) atoms. The van der Waals surface area contributed by atoms with Crippen LogP contribution in [0.15, 0.2) is 97.2 Å². The first kappa shape index (κ1) is 56.4. The molecule has 0 saturated carbocycles. The van der Waals surface area contributed by atoms with Crippen molar-refractivity contribution >= 4 is 13.8 Å². The average molecular weight is 844 g/mol. The molecule has 0 aromatic rings. The zero-order valence-electron chi connectivity index (χ0n) is 37.4. The molecule has 0 aliphatic heterocycles. The second-order valence-electron chi connectivity index (χ2n) is 14.9. The number of ether oxygens (including phenoxy) is 2. The molecule has 0 spiro atoms. The third-order valence-electron chi connectivity index (χ3n) is 9.24. The number of esters is 1. The third-order valence-corrected chi connectivity index (χ3v) is 10.2. The van der Waals surface area contributed by atoms with E-state index < -0.39 is 19.9 Å². The molecule has 0 bridgehead atoms. The molecule has 0 amide bonds. The van der Waals surface area contributed by atoms with E-state index >= 15 is 0 Å². The Bertz CT molecular complexity index is 1220. The maximum absolute atomic E-state index is 12.6. The number of rotatable bonds is 43. The van der Waals surface area contributed by atoms with E-state index in [0.717, 1.165) is 70.6 Å². The van der Waals surface area contributed by atoms with Crippen molar-refractivity contribution in [2.75, 3.05) is 33.0 Å². The van der Waals surface area contributed by atoms with E-state index in [1.54, 1.807) is 0 Å². The van der Waals surface area contributed by atoms with E-state index in [0.29, 0.717) is 13.0 Å². The Hall–Kier alpha value is -2.58. The fourth-order valence-electron chi connectivity index (χ4n) is 5.86. The molecule has 0 fully saturated rings. The fraction of sp³-hybridized carbons (Fsp3) is 0.660. The molecule has 0 radical (unpaired) electrons. The lowest BCUT2D eigenvalue weighted by Crippen LogP contribution is -2.28. The minimum atomic E-state index is -4.30. The average Bonchev–Trinajstić information content (AvgIpc) is 3.23. The Morgan fingerprint density at radius 3 is 1.44 bits per heavy atom. The van der Waals surface area contributed by atoms with Gasteiger partial charge in [0.2, 0.25) is 0 Å². The Labute approximate surface area is 361 Å². The Morgan fingerprint density at radius 2 is 0.949 bits per heavy atom. The molecule has 2 unspecified atom stereocenters. The van der Waals surface area contributed by atoms with Crippen LogP contribution in [0.1, 0.15) is 174 Å². The smallest absolute Gasteiger partial charge is 0.457 e. The van der Waals surface area contributed by atoms with Crippen LogP contribution in [0.25, 0.3) is 0 Å². The highest BCUT2D eigenvalue weighted by molar-refractivity contribution is 7.47. The van der Waals surface area contributed by atoms with Gasteiger partial charge < -0.3 is 20.1 Å². The zero-order chi connectivity index (χ0) is 43.0. The normalized spacial score (nSPS) is 14.3. The summed E-state index contributed by atoms with van der Waals surface area (Å²) in [6.45, 7) is 4.69. The molecule has 2 atom stereocenters. The summed E-state index contributed by atoms with van der Waals surface area (Å²) >= 11 is 0. The lowest BCUT2D eigenvalue weighted by atomic mass is 10.1. The van der Waals surface area contributed by atoms with Crippen molar-refractivity contribution in [2.45, 2.75) is 180 Å². The van der Waals surface area contributed by atoms with E-state index in [-0.39, 0.29) is 32.8 Å². The maximum atomic E-state index is 12.6. The first-order chi connectivity index (χ1) is 28.9. The van der Waals surface area contributed by atoms with Gasteiger partial charge in [0.1, 0.15) is 6.10 Å². The second kappa shape index (κ2) is 46.5. The van der Waals surface area contributed by atoms with Gasteiger partial charge in [-0.05, 0) is 89.9 Å². The molecule has 0 heterocycles. The summed E-state index contributed by atoms with van der Waals surface area (Å²) in [6, 6.07) is 0. The number of carbonyl (C=O) groups is 1. The van der Waals surface area contributed by atoms with Crippen LogP contribution >= 0.6 is 7.82 Å². The molecule has 0 aliphatic carbocycles. The minimum absolute atomic E-state index is 0.0830. The molecule has 0 saturated heterocycles. The van der Waals surface area contributed by atoms with Crippen molar-refractivity contribution in [3.8, 4) is 0 Å². The number of carbonyl (C=O) groups excluding carboxylic acids is 1. The largest absolute Gasteiger partial charge is 0.472 e. The molecule has 9 heteroatoms. The van der Waals surface area contributed by atoms with Crippen LogP contribution in [-0.2, 0) is 27.9 Å². The summed E-state index contributed by atoms with van der Waals surface area (Å²) in [4.78, 5) is 22.5. The fourth-order valence-corrected chi connectivity index (χ4v) is 6.63. The lowest BCUT2D eigenvalue weighted by Gasteiger charge is -2.20. The molecule has 338 valence electrons. The number of unbranched alkanes of at least 4 members (excludes halogenated alkanes) is 14. The van der Waals surface area contributed by atoms with E-state index in [2.05, 4.69) is 111 Å². The SMILES string of the molecule is CC/C=C\C/C=C\C/C=C\C/C=C\C/C=C\C/C=C\C/C=C\CCCC(=O)OC(COCCCCCCCC/C=C\CCCCCCCCC)COP(=O)(O)OCCN. The van der Waals surface area contributed by atoms with Crippen LogP contribution in [0.4, 0.5) is 0 Å². The van der Waals surface area contributed by atoms with Crippen LogP contribution in [0.3, 0.4) is 0 Å². The summed E-state index contributed by atoms with van der Waals surface area (Å²) in [6.07, 6.45) is 61.5. The van der Waals surface area contributed by atoms with Gasteiger partial charge in [0.15, 0.2) is 0 Å². The monoisotopic (exact) mass is 844 g/mol. The van der Waals surface area contributed by atoms with Gasteiger partial charge in [0.25, 0.3) is 0 Å². The van der Waals surface area contributed by atoms with E-state index in [1.807, 2.05) is 0 Å². The summed E-state index contributed by atoms with van der Waals surface area (Å²) in [5, 5.41) is 0. The van der Waals surface area contributed by atoms with Crippen molar-refractivity contribution in [3.63, 3.8) is 0 Å². The maximum Gasteiger partial charge on any atom is 0.472 e. The van der Waals surface area contributed by atoms with Crippen molar-refractivity contribution in [1.29, 1.82) is 0 Å². The van der Waals surface area contributed by atoms with E-state index in [4.69, 9.17) is 24.3 Å². The van der Waals surface area contributed by atoms with Gasteiger partial charge in [-0.2, -0.15) is 0 Å². The number of hydrogen-bond acceptors (Lipinski definition) is 7. The zero-order valence-corrected chi connectivity index (χ0v) is 38.3. The standard InChI is InChI=1S/C50H86NO7P/c1-3-5-7-9-11-13-15-17-19-21-22-23-24-25-26-27-29-31-33-35-37-39-41-43-50(52)58-49(48-57-59(53,54)56-46-44-51)47-55-45-42-40-38-36-34-32-30-28-20-18-16-14-12-10-8-6-4-2/h5,7,11,13,17,19-20,22-23,25-26,28-29,31,35,37,49H,3-4,6,8-10,12,14-16,18,21,24,27,30,32-34,36,38-48,51H2,1-2H3,(H,53,54)/b7-5-,13-11-,19-17-,23-22-,26-25-,28-20-,31-29-,37-35-. The summed E-state index contributed by atoms with van der Waals surface area (Å²) in [7, 11) is -4.30. The molecule has 8 nitrogen and oxygen atoms in total. The number of phosphoric acid groups is 1. The summed E-state index contributed by atoms with van der Waals surface area (Å²) < 4.78 is 33.4. The van der Waals surface area contributed by atoms with E-state index in [9.17, 15) is 14.3 Å². The van der Waals surface area contributed by atoms with Crippen molar-refractivity contribution < 1.29 is 32.8 Å². The van der Waals surface area contributed by atoms with Gasteiger partial charge in [-0.25, -0.2) is 4.57 Å². The number of allylic oxidation sites excluding steroid dienone is 16. The third kappa shape index (κ3) is 46.3. The molecular formula is C50H86NO7P. The van der Waals surface area contributed by atoms with Gasteiger partial charge in [-0.15, -0.1) is 0 Å². The summed E-state index contributed by atoms with van der Waals surface area (Å²) in [5.74, 6) is -0.393. The number of nitrogens with two attached hydrogens (primary N) is 1. The minimum Gasteiger partial charge on any atom is -0.457 e. The Kier molecular flexibility index (Phi) is 44.5. The van der Waals surface area contributed by atoms with Gasteiger partial charge in [0.05, 0.1) is 19.8 Å². The van der Waals surface area contributed by atoms with Gasteiger partial charge in [0, 0.05) is 19.6 Å². The molecule has 3 N–H and O–H groups in total. The highest BCUT2D eigenvalue weighted by Gasteiger charge is 2.25. The summed E-state index contributed by atoms with van der Waals surface area (Å²) in [5.41, 5.74) is 5.37. The Balaban J connectivity index is 4.16. The van der Waals surface area contributed by atoms with Gasteiger partial charge >= 0.3 is 13.8 Å². The predicted molar refractivity (Wildman–Crippen MR) is 251 cm³/mol. The predicted octanol–water partition coefficient (Wildman–Crippen LogP) is 14.2. The number of phosphoric ester groups is 1. The quantitative estimate of drug-likeness (QED) is 0.0270. The topological polar surface area (TPSA) is 117 Å². The second-order valence-corrected chi connectivity index (χ2v) is 16.3. The highest BCUT2D eigenvalue weighted by atomic mass is 31.2. The molecule has 0 rings (SSSR count). The van der Waals surface area contributed by atoms with Crippen LogP contribution in [0.2, 0.25) is 0 Å². The van der Waals surface area contributed by atoms with Crippen molar-refractivity contribution in [3.05, 3.63) is 97.2 Å². The number of hydrogen-bond donors (Lipinski definition) is 2. The van der Waals surface area contributed by atoms with Crippen LogP contribution in [0.5, 0.6) is 0 Å². The lowest BCUT2D eigenvalue weighted by molar-refractivity contribution is -0.154. The van der Waals surface area contributed by atoms with E-state index in [1.165, 1.54) is 77.0 Å². The van der Waals surface area contributed by atoms with Crippen LogP contribution < -0.4 is 5.73 Å². The van der Waals surface area contributed by atoms with Crippen LogP contribution in [0, 0.1) is 0 Å². The molecule has 0 aromatic carbocycles. The van der Waals surface area contributed by atoms with Crippen molar-refractivity contribution in [1.82, 2.24) is 0 Å². The molecule has 0 aliphatic rings. The molecule has 0 aromatic heterocycles.